The molecular formula is C17H20Cl2N2O2. The van der Waals surface area contributed by atoms with Gasteiger partial charge in [-0.05, 0) is 49.8 Å². The molecule has 2 aliphatic rings. The lowest BCUT2D eigenvalue weighted by Gasteiger charge is -2.32. The van der Waals surface area contributed by atoms with E-state index < -0.39 is 5.41 Å². The summed E-state index contributed by atoms with van der Waals surface area (Å²) in [5.74, 6) is 0.355. The highest BCUT2D eigenvalue weighted by molar-refractivity contribution is 6.36. The quantitative estimate of drug-likeness (QED) is 0.834. The van der Waals surface area contributed by atoms with Gasteiger partial charge in [0.25, 0.3) is 0 Å². The topological polar surface area (TPSA) is 49.4 Å². The standard InChI is InChI=1S/C17H20Cl2N2O2/c1-11-4-8-21(9-5-11)16(23)17(6-7-17)15(22)20-14-3-2-12(18)10-13(14)19/h2-3,10-11H,4-9H2,1H3,(H,20,22). The van der Waals surface area contributed by atoms with Gasteiger partial charge in [-0.3, -0.25) is 9.59 Å². The van der Waals surface area contributed by atoms with E-state index in [1.807, 2.05) is 4.90 Å². The van der Waals surface area contributed by atoms with Crippen molar-refractivity contribution in [2.45, 2.75) is 32.6 Å². The molecule has 1 aliphatic heterocycles. The fourth-order valence-electron chi connectivity index (χ4n) is 3.01. The lowest BCUT2D eigenvalue weighted by Crippen LogP contribution is -2.46. The number of carbonyl (C=O) groups excluding carboxylic acids is 2. The summed E-state index contributed by atoms with van der Waals surface area (Å²) in [6.07, 6.45) is 3.22. The molecule has 0 unspecified atom stereocenters. The molecule has 0 radical (unpaired) electrons. The van der Waals surface area contributed by atoms with Gasteiger partial charge in [0.15, 0.2) is 0 Å². The van der Waals surface area contributed by atoms with E-state index in [-0.39, 0.29) is 11.8 Å². The molecule has 6 heteroatoms. The van der Waals surface area contributed by atoms with E-state index in [0.717, 1.165) is 25.9 Å². The van der Waals surface area contributed by atoms with Crippen LogP contribution in [0.2, 0.25) is 10.0 Å². The summed E-state index contributed by atoms with van der Waals surface area (Å²) in [6, 6.07) is 4.90. The molecule has 1 aromatic carbocycles. The highest BCUT2D eigenvalue weighted by Crippen LogP contribution is 2.49. The molecule has 3 rings (SSSR count). The van der Waals surface area contributed by atoms with Crippen LogP contribution in [0, 0.1) is 11.3 Å². The molecule has 0 aromatic heterocycles. The second kappa shape index (κ2) is 6.33. The van der Waals surface area contributed by atoms with Crippen LogP contribution in [0.3, 0.4) is 0 Å². The molecule has 0 bridgehead atoms. The van der Waals surface area contributed by atoms with Crippen molar-refractivity contribution >= 4 is 40.7 Å². The Hall–Kier alpha value is -1.26. The van der Waals surface area contributed by atoms with Crippen LogP contribution < -0.4 is 5.32 Å². The Morgan fingerprint density at radius 2 is 1.87 bits per heavy atom. The number of nitrogens with zero attached hydrogens (tertiary/aromatic N) is 1. The Bertz CT molecular complexity index is 635. The number of rotatable bonds is 3. The van der Waals surface area contributed by atoms with E-state index in [4.69, 9.17) is 23.2 Å². The molecule has 1 saturated heterocycles. The largest absolute Gasteiger partial charge is 0.342 e. The van der Waals surface area contributed by atoms with Crippen LogP contribution in [-0.4, -0.2) is 29.8 Å². The number of nitrogens with one attached hydrogen (secondary N) is 1. The summed E-state index contributed by atoms with van der Waals surface area (Å²) in [5, 5.41) is 3.67. The van der Waals surface area contributed by atoms with E-state index in [2.05, 4.69) is 12.2 Å². The molecule has 2 amide bonds. The molecule has 1 saturated carbocycles. The summed E-state index contributed by atoms with van der Waals surface area (Å²) in [7, 11) is 0. The molecule has 0 spiro atoms. The van der Waals surface area contributed by atoms with Gasteiger partial charge in [-0.2, -0.15) is 0 Å². The van der Waals surface area contributed by atoms with Crippen molar-refractivity contribution in [1.82, 2.24) is 4.90 Å². The van der Waals surface area contributed by atoms with E-state index in [9.17, 15) is 9.59 Å². The molecule has 23 heavy (non-hydrogen) atoms. The maximum Gasteiger partial charge on any atom is 0.240 e. The molecule has 0 atom stereocenters. The molecule has 2 fully saturated rings. The molecule has 1 heterocycles. The molecule has 4 nitrogen and oxygen atoms in total. The van der Waals surface area contributed by atoms with Crippen LogP contribution >= 0.6 is 23.2 Å². The third kappa shape index (κ3) is 3.33. The van der Waals surface area contributed by atoms with E-state index in [1.165, 1.54) is 0 Å². The summed E-state index contributed by atoms with van der Waals surface area (Å²) in [6.45, 7) is 3.69. The second-order valence-corrected chi connectivity index (χ2v) is 7.48. The molecule has 1 aliphatic carbocycles. The first-order valence-electron chi connectivity index (χ1n) is 7.98. The van der Waals surface area contributed by atoms with Gasteiger partial charge in [-0.25, -0.2) is 0 Å². The highest BCUT2D eigenvalue weighted by Gasteiger charge is 2.58. The number of hydrogen-bond acceptors (Lipinski definition) is 2. The predicted molar refractivity (Wildman–Crippen MR) is 91.7 cm³/mol. The maximum atomic E-state index is 12.8. The first-order chi connectivity index (χ1) is 10.9. The summed E-state index contributed by atoms with van der Waals surface area (Å²) in [5.41, 5.74) is -0.406. The van der Waals surface area contributed by atoms with Crippen LogP contribution in [-0.2, 0) is 9.59 Å². The van der Waals surface area contributed by atoms with Gasteiger partial charge >= 0.3 is 0 Å². The third-order valence-electron chi connectivity index (χ3n) is 4.84. The van der Waals surface area contributed by atoms with Gasteiger partial charge in [0.1, 0.15) is 5.41 Å². The number of anilines is 1. The third-order valence-corrected chi connectivity index (χ3v) is 5.39. The van der Waals surface area contributed by atoms with Crippen LogP contribution in [0.1, 0.15) is 32.6 Å². The lowest BCUT2D eigenvalue weighted by molar-refractivity contribution is -0.143. The van der Waals surface area contributed by atoms with Crippen LogP contribution in [0.4, 0.5) is 5.69 Å². The fraction of sp³-hybridized carbons (Fsp3) is 0.529. The number of halogens is 2. The predicted octanol–water partition coefficient (Wildman–Crippen LogP) is 3.97. The van der Waals surface area contributed by atoms with Crippen molar-refractivity contribution in [1.29, 1.82) is 0 Å². The number of hydrogen-bond donors (Lipinski definition) is 1. The monoisotopic (exact) mass is 354 g/mol. The summed E-state index contributed by atoms with van der Waals surface area (Å²) < 4.78 is 0. The number of amides is 2. The number of piperidine rings is 1. The Balaban J connectivity index is 1.70. The minimum absolute atomic E-state index is 0.0352. The smallest absolute Gasteiger partial charge is 0.240 e. The minimum atomic E-state index is -0.899. The van der Waals surface area contributed by atoms with Gasteiger partial charge in [-0.1, -0.05) is 30.1 Å². The second-order valence-electron chi connectivity index (χ2n) is 6.64. The summed E-state index contributed by atoms with van der Waals surface area (Å²) >= 11 is 12.0. The first kappa shape index (κ1) is 16.6. The molecular weight excluding hydrogens is 335 g/mol. The highest BCUT2D eigenvalue weighted by atomic mass is 35.5. The Morgan fingerprint density at radius 3 is 2.43 bits per heavy atom. The first-order valence-corrected chi connectivity index (χ1v) is 8.74. The van der Waals surface area contributed by atoms with E-state index in [1.54, 1.807) is 18.2 Å². The number of benzene rings is 1. The average Bonchev–Trinajstić information content (AvgIpc) is 3.32. The molecule has 1 aromatic rings. The normalized spacial score (nSPS) is 20.2. The van der Waals surface area contributed by atoms with Crippen molar-refractivity contribution in [3.8, 4) is 0 Å². The number of likely N-dealkylation sites (tertiary alicyclic amines) is 1. The van der Waals surface area contributed by atoms with Crippen LogP contribution in [0.5, 0.6) is 0 Å². The van der Waals surface area contributed by atoms with Gasteiger partial charge in [0, 0.05) is 18.1 Å². The lowest BCUT2D eigenvalue weighted by atomic mass is 9.96. The van der Waals surface area contributed by atoms with Gasteiger partial charge in [-0.15, -0.1) is 0 Å². The zero-order valence-electron chi connectivity index (χ0n) is 13.1. The van der Waals surface area contributed by atoms with Gasteiger partial charge < -0.3 is 10.2 Å². The fourth-order valence-corrected chi connectivity index (χ4v) is 3.47. The van der Waals surface area contributed by atoms with Crippen molar-refractivity contribution in [2.75, 3.05) is 18.4 Å². The zero-order chi connectivity index (χ0) is 16.6. The van der Waals surface area contributed by atoms with Crippen molar-refractivity contribution in [3.05, 3.63) is 28.2 Å². The molecule has 1 N–H and O–H groups in total. The van der Waals surface area contributed by atoms with Crippen molar-refractivity contribution in [3.63, 3.8) is 0 Å². The SMILES string of the molecule is CC1CCN(C(=O)C2(C(=O)Nc3ccc(Cl)cc3Cl)CC2)CC1. The zero-order valence-corrected chi connectivity index (χ0v) is 14.6. The van der Waals surface area contributed by atoms with Crippen molar-refractivity contribution < 1.29 is 9.59 Å². The average molecular weight is 355 g/mol. The number of carbonyl (C=O) groups is 2. The Kier molecular flexibility index (Phi) is 4.56. The van der Waals surface area contributed by atoms with Crippen LogP contribution in [0.25, 0.3) is 0 Å². The minimum Gasteiger partial charge on any atom is -0.342 e. The Morgan fingerprint density at radius 1 is 1.22 bits per heavy atom. The van der Waals surface area contributed by atoms with Crippen molar-refractivity contribution in [2.24, 2.45) is 11.3 Å². The van der Waals surface area contributed by atoms with Crippen LogP contribution in [0.15, 0.2) is 18.2 Å². The van der Waals surface area contributed by atoms with Gasteiger partial charge in [0.2, 0.25) is 11.8 Å². The Labute approximate surface area is 146 Å². The summed E-state index contributed by atoms with van der Waals surface area (Å²) in [4.78, 5) is 27.2. The maximum absolute atomic E-state index is 12.8. The van der Waals surface area contributed by atoms with Gasteiger partial charge in [0.05, 0.1) is 10.7 Å². The van der Waals surface area contributed by atoms with E-state index >= 15 is 0 Å². The molecule has 124 valence electrons. The van der Waals surface area contributed by atoms with E-state index in [0.29, 0.717) is 34.5 Å².